The third kappa shape index (κ3) is 2.53. The fourth-order valence-corrected chi connectivity index (χ4v) is 2.37. The van der Waals surface area contributed by atoms with E-state index in [0.717, 1.165) is 0 Å². The van der Waals surface area contributed by atoms with E-state index in [4.69, 9.17) is 0 Å². The summed E-state index contributed by atoms with van der Waals surface area (Å²) in [7, 11) is 0. The van der Waals surface area contributed by atoms with Crippen LogP contribution in [-0.2, 0) is 0 Å². The Labute approximate surface area is 125 Å². The summed E-state index contributed by atoms with van der Waals surface area (Å²) >= 11 is 0. The van der Waals surface area contributed by atoms with E-state index < -0.39 is 34.6 Å². The minimum absolute atomic E-state index is 0.0287. The SMILES string of the molecule is CCN(CC)c1ccccc1-c1c(F)c(F)c(F)c(F)c1F. The lowest BCUT2D eigenvalue weighted by Gasteiger charge is -2.24. The fraction of sp³-hybridized carbons (Fsp3) is 0.250. The Balaban J connectivity index is 2.79. The van der Waals surface area contributed by atoms with Crippen molar-refractivity contribution in [1.29, 1.82) is 0 Å². The summed E-state index contributed by atoms with van der Waals surface area (Å²) in [4.78, 5) is 1.77. The molecule has 0 saturated carbocycles. The van der Waals surface area contributed by atoms with Gasteiger partial charge in [-0.15, -0.1) is 0 Å². The first kappa shape index (κ1) is 16.3. The molecule has 2 aromatic carbocycles. The Kier molecular flexibility index (Phi) is 4.68. The van der Waals surface area contributed by atoms with Crippen LogP contribution in [0.15, 0.2) is 24.3 Å². The molecule has 0 N–H and O–H groups in total. The Bertz CT molecular complexity index is 666. The zero-order chi connectivity index (χ0) is 16.4. The first-order chi connectivity index (χ1) is 10.4. The number of hydrogen-bond acceptors (Lipinski definition) is 1. The van der Waals surface area contributed by atoms with Gasteiger partial charge in [0.2, 0.25) is 5.82 Å². The summed E-state index contributed by atoms with van der Waals surface area (Å²) in [5.74, 6) is -9.68. The lowest BCUT2D eigenvalue weighted by Crippen LogP contribution is -2.22. The zero-order valence-electron chi connectivity index (χ0n) is 12.1. The van der Waals surface area contributed by atoms with Gasteiger partial charge in [0.25, 0.3) is 0 Å². The average molecular weight is 315 g/mol. The summed E-state index contributed by atoms with van der Waals surface area (Å²) in [6, 6.07) is 6.05. The maximum atomic E-state index is 14.0. The molecule has 0 unspecified atom stereocenters. The van der Waals surface area contributed by atoms with Crippen LogP contribution >= 0.6 is 0 Å². The molecular weight excluding hydrogens is 301 g/mol. The highest BCUT2D eigenvalue weighted by atomic mass is 19.2. The van der Waals surface area contributed by atoms with Crippen LogP contribution in [0.5, 0.6) is 0 Å². The molecule has 118 valence electrons. The van der Waals surface area contributed by atoms with E-state index in [2.05, 4.69) is 0 Å². The second-order valence-corrected chi connectivity index (χ2v) is 4.63. The number of anilines is 1. The van der Waals surface area contributed by atoms with Gasteiger partial charge < -0.3 is 4.90 Å². The van der Waals surface area contributed by atoms with Crippen molar-refractivity contribution in [2.45, 2.75) is 13.8 Å². The number of para-hydroxylation sites is 1. The van der Waals surface area contributed by atoms with Gasteiger partial charge in [0.15, 0.2) is 23.3 Å². The van der Waals surface area contributed by atoms with Crippen molar-refractivity contribution in [3.8, 4) is 11.1 Å². The van der Waals surface area contributed by atoms with Crippen molar-refractivity contribution in [3.63, 3.8) is 0 Å². The third-order valence-electron chi connectivity index (χ3n) is 3.49. The Morgan fingerprint density at radius 1 is 0.727 bits per heavy atom. The lowest BCUT2D eigenvalue weighted by atomic mass is 10.0. The highest BCUT2D eigenvalue weighted by molar-refractivity contribution is 5.79. The van der Waals surface area contributed by atoms with Gasteiger partial charge in [0, 0.05) is 24.3 Å². The molecule has 0 heterocycles. The molecule has 0 aromatic heterocycles. The van der Waals surface area contributed by atoms with Crippen molar-refractivity contribution in [3.05, 3.63) is 53.4 Å². The van der Waals surface area contributed by atoms with E-state index in [1.807, 2.05) is 13.8 Å². The molecule has 0 bridgehead atoms. The van der Waals surface area contributed by atoms with Crippen LogP contribution in [0.25, 0.3) is 11.1 Å². The average Bonchev–Trinajstić information content (AvgIpc) is 2.54. The maximum Gasteiger partial charge on any atom is 0.200 e. The number of nitrogens with zero attached hydrogens (tertiary/aromatic N) is 1. The Morgan fingerprint density at radius 3 is 1.68 bits per heavy atom. The van der Waals surface area contributed by atoms with E-state index >= 15 is 0 Å². The minimum Gasteiger partial charge on any atom is -0.372 e. The number of benzene rings is 2. The Hall–Kier alpha value is -2.11. The highest BCUT2D eigenvalue weighted by Gasteiger charge is 2.28. The molecule has 0 aliphatic carbocycles. The summed E-state index contributed by atoms with van der Waals surface area (Å²) < 4.78 is 68.0. The van der Waals surface area contributed by atoms with Crippen molar-refractivity contribution in [1.82, 2.24) is 0 Å². The van der Waals surface area contributed by atoms with Gasteiger partial charge in [0.1, 0.15) is 0 Å². The van der Waals surface area contributed by atoms with Gasteiger partial charge in [-0.05, 0) is 19.9 Å². The van der Waals surface area contributed by atoms with E-state index in [9.17, 15) is 22.0 Å². The van der Waals surface area contributed by atoms with E-state index in [1.54, 1.807) is 17.0 Å². The molecule has 0 amide bonds. The van der Waals surface area contributed by atoms with Crippen molar-refractivity contribution in [2.75, 3.05) is 18.0 Å². The molecule has 6 heteroatoms. The molecule has 0 saturated heterocycles. The van der Waals surface area contributed by atoms with Gasteiger partial charge in [-0.2, -0.15) is 0 Å². The maximum absolute atomic E-state index is 14.0. The molecule has 2 aromatic rings. The second-order valence-electron chi connectivity index (χ2n) is 4.63. The van der Waals surface area contributed by atoms with Crippen molar-refractivity contribution >= 4 is 5.69 Å². The predicted molar refractivity (Wildman–Crippen MR) is 75.2 cm³/mol. The first-order valence-electron chi connectivity index (χ1n) is 6.79. The predicted octanol–water partition coefficient (Wildman–Crippen LogP) is 4.90. The monoisotopic (exact) mass is 315 g/mol. The quantitative estimate of drug-likeness (QED) is 0.441. The van der Waals surface area contributed by atoms with Crippen LogP contribution in [0, 0.1) is 29.1 Å². The highest BCUT2D eigenvalue weighted by Crippen LogP contribution is 2.37. The number of hydrogen-bond donors (Lipinski definition) is 0. The molecule has 0 spiro atoms. The summed E-state index contributed by atoms with van der Waals surface area (Å²) in [6.07, 6.45) is 0. The van der Waals surface area contributed by atoms with Crippen LogP contribution in [0.2, 0.25) is 0 Å². The molecule has 0 aliphatic rings. The smallest absolute Gasteiger partial charge is 0.200 e. The van der Waals surface area contributed by atoms with Gasteiger partial charge in [-0.3, -0.25) is 0 Å². The summed E-state index contributed by atoms with van der Waals surface area (Å²) in [5.41, 5.74) is -0.520. The second kappa shape index (κ2) is 6.34. The van der Waals surface area contributed by atoms with Crippen LogP contribution in [0.4, 0.5) is 27.6 Å². The molecule has 1 nitrogen and oxygen atoms in total. The topological polar surface area (TPSA) is 3.24 Å². The molecule has 0 aliphatic heterocycles. The van der Waals surface area contributed by atoms with Crippen molar-refractivity contribution in [2.24, 2.45) is 0 Å². The van der Waals surface area contributed by atoms with Crippen LogP contribution in [0.1, 0.15) is 13.8 Å². The minimum atomic E-state index is -2.15. The summed E-state index contributed by atoms with van der Waals surface area (Å²) in [5, 5.41) is 0. The van der Waals surface area contributed by atoms with Crippen LogP contribution in [0.3, 0.4) is 0 Å². The molecule has 2 rings (SSSR count). The molecule has 22 heavy (non-hydrogen) atoms. The van der Waals surface area contributed by atoms with E-state index in [0.29, 0.717) is 18.8 Å². The molecule has 0 fully saturated rings. The molecule has 0 atom stereocenters. The first-order valence-corrected chi connectivity index (χ1v) is 6.79. The van der Waals surface area contributed by atoms with Crippen LogP contribution in [-0.4, -0.2) is 13.1 Å². The van der Waals surface area contributed by atoms with E-state index in [1.165, 1.54) is 12.1 Å². The van der Waals surface area contributed by atoms with Gasteiger partial charge in [-0.25, -0.2) is 22.0 Å². The normalized spacial score (nSPS) is 10.9. The van der Waals surface area contributed by atoms with Gasteiger partial charge >= 0.3 is 0 Å². The standard InChI is InChI=1S/C16H14F5N/c1-3-22(4-2)10-8-6-5-7-9(10)11-12(17)14(19)16(21)15(20)13(11)18/h5-8H,3-4H2,1-2H3. The third-order valence-corrected chi connectivity index (χ3v) is 3.49. The lowest BCUT2D eigenvalue weighted by molar-refractivity contribution is 0.381. The van der Waals surface area contributed by atoms with Gasteiger partial charge in [-0.1, -0.05) is 18.2 Å². The largest absolute Gasteiger partial charge is 0.372 e. The van der Waals surface area contributed by atoms with Crippen LogP contribution < -0.4 is 4.90 Å². The summed E-state index contributed by atoms with van der Waals surface area (Å²) in [6.45, 7) is 4.73. The fourth-order valence-electron chi connectivity index (χ4n) is 2.37. The molecular formula is C16H14F5N. The van der Waals surface area contributed by atoms with Gasteiger partial charge in [0.05, 0.1) is 5.56 Å². The number of halogens is 5. The van der Waals surface area contributed by atoms with Crippen molar-refractivity contribution < 1.29 is 22.0 Å². The number of rotatable bonds is 4. The molecule has 0 radical (unpaired) electrons. The Morgan fingerprint density at radius 2 is 1.18 bits per heavy atom. The van der Waals surface area contributed by atoms with E-state index in [-0.39, 0.29) is 5.56 Å². The zero-order valence-corrected chi connectivity index (χ0v) is 12.1.